The standard InChI is InChI=1S/C19H22N4O/c1-13-3-2-4-16-19(13)23-17(22-16)9-10-18(24)21-12-11-14-5-7-15(20)8-6-14/h2-8H,9-12,20H2,1H3,(H,21,24)(H,22,23). The Labute approximate surface area is 141 Å². The van der Waals surface area contributed by atoms with Crippen LogP contribution in [0.25, 0.3) is 11.0 Å². The molecule has 1 amide bonds. The molecular weight excluding hydrogens is 300 g/mol. The van der Waals surface area contributed by atoms with Crippen LogP contribution in [0.1, 0.15) is 23.4 Å². The lowest BCUT2D eigenvalue weighted by atomic mass is 10.1. The van der Waals surface area contributed by atoms with Crippen LogP contribution in [0.2, 0.25) is 0 Å². The Morgan fingerprint density at radius 3 is 2.71 bits per heavy atom. The van der Waals surface area contributed by atoms with Gasteiger partial charge in [0.05, 0.1) is 11.0 Å². The fourth-order valence-corrected chi connectivity index (χ4v) is 2.70. The number of fused-ring (bicyclic) bond motifs is 1. The van der Waals surface area contributed by atoms with Crippen molar-refractivity contribution in [1.29, 1.82) is 0 Å². The maximum Gasteiger partial charge on any atom is 0.220 e. The molecule has 0 radical (unpaired) electrons. The third kappa shape index (κ3) is 3.93. The summed E-state index contributed by atoms with van der Waals surface area (Å²) in [7, 11) is 0. The van der Waals surface area contributed by atoms with Crippen molar-refractivity contribution in [2.75, 3.05) is 12.3 Å². The summed E-state index contributed by atoms with van der Waals surface area (Å²) in [5.74, 6) is 0.899. The van der Waals surface area contributed by atoms with Crippen molar-refractivity contribution in [3.8, 4) is 0 Å². The number of para-hydroxylation sites is 1. The van der Waals surface area contributed by atoms with E-state index in [-0.39, 0.29) is 5.91 Å². The van der Waals surface area contributed by atoms with Crippen LogP contribution in [0, 0.1) is 6.92 Å². The molecule has 4 N–H and O–H groups in total. The number of aromatic amines is 1. The van der Waals surface area contributed by atoms with Crippen molar-refractivity contribution in [3.63, 3.8) is 0 Å². The maximum absolute atomic E-state index is 12.0. The van der Waals surface area contributed by atoms with Crippen LogP contribution in [0.4, 0.5) is 5.69 Å². The van der Waals surface area contributed by atoms with Gasteiger partial charge in [-0.1, -0.05) is 24.3 Å². The third-order valence-corrected chi connectivity index (χ3v) is 4.07. The van der Waals surface area contributed by atoms with Crippen LogP contribution in [-0.2, 0) is 17.6 Å². The average Bonchev–Trinajstić information content (AvgIpc) is 2.99. The molecule has 0 bridgehead atoms. The Hall–Kier alpha value is -2.82. The SMILES string of the molecule is Cc1cccc2[nH]c(CCC(=O)NCCc3ccc(N)cc3)nc12. The highest BCUT2D eigenvalue weighted by atomic mass is 16.1. The molecule has 1 aromatic heterocycles. The number of imidazole rings is 1. The average molecular weight is 322 g/mol. The molecule has 0 fully saturated rings. The molecular formula is C19H22N4O. The lowest BCUT2D eigenvalue weighted by Crippen LogP contribution is -2.26. The molecule has 0 saturated carbocycles. The highest BCUT2D eigenvalue weighted by Gasteiger charge is 2.07. The largest absolute Gasteiger partial charge is 0.399 e. The van der Waals surface area contributed by atoms with Crippen molar-refractivity contribution in [2.45, 2.75) is 26.2 Å². The molecule has 1 heterocycles. The monoisotopic (exact) mass is 322 g/mol. The fourth-order valence-electron chi connectivity index (χ4n) is 2.70. The van der Waals surface area contributed by atoms with E-state index in [4.69, 9.17) is 5.73 Å². The van der Waals surface area contributed by atoms with Crippen LogP contribution in [0.15, 0.2) is 42.5 Å². The summed E-state index contributed by atoms with van der Waals surface area (Å²) in [4.78, 5) is 19.8. The molecule has 124 valence electrons. The number of amides is 1. The summed E-state index contributed by atoms with van der Waals surface area (Å²) in [5.41, 5.74) is 10.7. The molecule has 2 aromatic carbocycles. The number of H-pyrrole nitrogens is 1. The number of aryl methyl sites for hydroxylation is 2. The van der Waals surface area contributed by atoms with Crippen molar-refractivity contribution in [3.05, 3.63) is 59.4 Å². The first kappa shape index (κ1) is 16.1. The zero-order valence-electron chi connectivity index (χ0n) is 13.8. The van der Waals surface area contributed by atoms with Gasteiger partial charge in [0.1, 0.15) is 5.82 Å². The van der Waals surface area contributed by atoms with Crippen molar-refractivity contribution >= 4 is 22.6 Å². The first-order valence-corrected chi connectivity index (χ1v) is 8.17. The van der Waals surface area contributed by atoms with E-state index in [0.717, 1.165) is 40.1 Å². The number of carbonyl (C=O) groups excluding carboxylic acids is 1. The van der Waals surface area contributed by atoms with E-state index in [9.17, 15) is 4.79 Å². The van der Waals surface area contributed by atoms with Crippen molar-refractivity contribution < 1.29 is 4.79 Å². The highest BCUT2D eigenvalue weighted by molar-refractivity contribution is 5.79. The van der Waals surface area contributed by atoms with Gasteiger partial charge in [-0.25, -0.2) is 4.98 Å². The second-order valence-electron chi connectivity index (χ2n) is 6.00. The fraction of sp³-hybridized carbons (Fsp3) is 0.263. The van der Waals surface area contributed by atoms with Gasteiger partial charge in [0.25, 0.3) is 0 Å². The number of hydrogen-bond donors (Lipinski definition) is 3. The third-order valence-electron chi connectivity index (χ3n) is 4.07. The molecule has 0 saturated heterocycles. The van der Waals surface area contributed by atoms with Crippen LogP contribution in [0.5, 0.6) is 0 Å². The Bertz CT molecular complexity index is 836. The van der Waals surface area contributed by atoms with E-state index in [2.05, 4.69) is 15.3 Å². The number of hydrogen-bond acceptors (Lipinski definition) is 3. The number of aromatic nitrogens is 2. The second kappa shape index (κ2) is 7.17. The quantitative estimate of drug-likeness (QED) is 0.610. The normalized spacial score (nSPS) is 10.9. The summed E-state index contributed by atoms with van der Waals surface area (Å²) < 4.78 is 0. The molecule has 5 nitrogen and oxygen atoms in total. The summed E-state index contributed by atoms with van der Waals surface area (Å²) in [6.07, 6.45) is 1.85. The summed E-state index contributed by atoms with van der Waals surface area (Å²) >= 11 is 0. The molecule has 0 aliphatic rings. The van der Waals surface area contributed by atoms with Gasteiger partial charge in [-0.2, -0.15) is 0 Å². The van der Waals surface area contributed by atoms with E-state index in [0.29, 0.717) is 19.4 Å². The number of rotatable bonds is 6. The number of nitrogens with one attached hydrogen (secondary N) is 2. The Morgan fingerprint density at radius 2 is 1.96 bits per heavy atom. The first-order chi connectivity index (χ1) is 11.6. The minimum atomic E-state index is 0.0441. The Morgan fingerprint density at radius 1 is 1.17 bits per heavy atom. The topological polar surface area (TPSA) is 83.8 Å². The molecule has 24 heavy (non-hydrogen) atoms. The van der Waals surface area contributed by atoms with Gasteiger partial charge in [0.15, 0.2) is 0 Å². The van der Waals surface area contributed by atoms with E-state index in [1.54, 1.807) is 0 Å². The van der Waals surface area contributed by atoms with Gasteiger partial charge >= 0.3 is 0 Å². The first-order valence-electron chi connectivity index (χ1n) is 8.17. The Balaban J connectivity index is 1.46. The predicted molar refractivity (Wildman–Crippen MR) is 96.7 cm³/mol. The van der Waals surface area contributed by atoms with Gasteiger partial charge in [-0.3, -0.25) is 4.79 Å². The molecule has 0 aliphatic carbocycles. The molecule has 0 atom stereocenters. The summed E-state index contributed by atoms with van der Waals surface area (Å²) in [5, 5.41) is 2.95. The molecule has 5 heteroatoms. The number of benzene rings is 2. The predicted octanol–water partition coefficient (Wildman–Crippen LogP) is 2.75. The van der Waals surface area contributed by atoms with Crippen LogP contribution in [-0.4, -0.2) is 22.4 Å². The number of nitrogens with two attached hydrogens (primary N) is 1. The lowest BCUT2D eigenvalue weighted by Gasteiger charge is -2.05. The number of nitrogen functional groups attached to an aromatic ring is 1. The lowest BCUT2D eigenvalue weighted by molar-refractivity contribution is -0.121. The van der Waals surface area contributed by atoms with Crippen molar-refractivity contribution in [2.24, 2.45) is 0 Å². The smallest absolute Gasteiger partial charge is 0.220 e. The second-order valence-corrected chi connectivity index (χ2v) is 6.00. The molecule has 0 aliphatic heterocycles. The molecule has 3 aromatic rings. The molecule has 3 rings (SSSR count). The highest BCUT2D eigenvalue weighted by Crippen LogP contribution is 2.16. The van der Waals surface area contributed by atoms with Gasteiger partial charge in [-0.05, 0) is 42.7 Å². The van der Waals surface area contributed by atoms with Gasteiger partial charge in [0, 0.05) is 25.1 Å². The zero-order valence-corrected chi connectivity index (χ0v) is 13.8. The van der Waals surface area contributed by atoms with E-state index in [1.807, 2.05) is 49.4 Å². The number of anilines is 1. The summed E-state index contributed by atoms with van der Waals surface area (Å²) in [6, 6.07) is 13.8. The molecule has 0 spiro atoms. The summed E-state index contributed by atoms with van der Waals surface area (Å²) in [6.45, 7) is 2.67. The number of nitrogens with zero attached hydrogens (tertiary/aromatic N) is 1. The van der Waals surface area contributed by atoms with Gasteiger partial charge in [-0.15, -0.1) is 0 Å². The van der Waals surface area contributed by atoms with Gasteiger partial charge in [0.2, 0.25) is 5.91 Å². The van der Waals surface area contributed by atoms with Crippen LogP contribution < -0.4 is 11.1 Å². The minimum Gasteiger partial charge on any atom is -0.399 e. The van der Waals surface area contributed by atoms with Gasteiger partial charge < -0.3 is 16.0 Å². The zero-order chi connectivity index (χ0) is 16.9. The van der Waals surface area contributed by atoms with E-state index < -0.39 is 0 Å². The Kier molecular flexibility index (Phi) is 4.79. The van der Waals surface area contributed by atoms with E-state index >= 15 is 0 Å². The van der Waals surface area contributed by atoms with Crippen molar-refractivity contribution in [1.82, 2.24) is 15.3 Å². The maximum atomic E-state index is 12.0. The molecule has 0 unspecified atom stereocenters. The minimum absolute atomic E-state index is 0.0441. The van der Waals surface area contributed by atoms with Crippen LogP contribution >= 0.6 is 0 Å². The van der Waals surface area contributed by atoms with Crippen LogP contribution in [0.3, 0.4) is 0 Å². The van der Waals surface area contributed by atoms with E-state index in [1.165, 1.54) is 0 Å². The number of carbonyl (C=O) groups is 1.